The van der Waals surface area contributed by atoms with Gasteiger partial charge in [-0.1, -0.05) is 18.2 Å². The molecular weight excluding hydrogens is 238 g/mol. The Labute approximate surface area is 112 Å². The van der Waals surface area contributed by atoms with Crippen molar-refractivity contribution in [3.63, 3.8) is 0 Å². The van der Waals surface area contributed by atoms with E-state index in [-0.39, 0.29) is 5.91 Å². The summed E-state index contributed by atoms with van der Waals surface area (Å²) in [4.78, 5) is 13.8. The highest BCUT2D eigenvalue weighted by molar-refractivity contribution is 5.94. The average molecular weight is 253 g/mol. The molecule has 1 aliphatic heterocycles. The summed E-state index contributed by atoms with van der Waals surface area (Å²) in [5.41, 5.74) is 0.722. The molecule has 1 amide bonds. The number of rotatable bonds is 3. The maximum absolute atomic E-state index is 12.0. The predicted molar refractivity (Wildman–Crippen MR) is 73.5 cm³/mol. The summed E-state index contributed by atoms with van der Waals surface area (Å²) in [7, 11) is 0. The Morgan fingerprint density at radius 1 is 0.895 bits per heavy atom. The molecule has 1 heterocycles. The van der Waals surface area contributed by atoms with Gasteiger partial charge in [-0.3, -0.25) is 4.79 Å². The van der Waals surface area contributed by atoms with Crippen molar-refractivity contribution in [3.05, 3.63) is 60.2 Å². The minimum atomic E-state index is 0.109. The van der Waals surface area contributed by atoms with Crippen LogP contribution < -0.4 is 4.74 Å². The largest absolute Gasteiger partial charge is 0.457 e. The van der Waals surface area contributed by atoms with Crippen molar-refractivity contribution in [2.24, 2.45) is 0 Å². The summed E-state index contributed by atoms with van der Waals surface area (Å²) < 4.78 is 5.69. The standard InChI is InChI=1S/C16H15NO2/c18-16(17-11-4-12-17)13-7-9-15(10-8-13)19-14-5-2-1-3-6-14/h1-3,5-10H,4,11-12H2. The number of benzene rings is 2. The zero-order valence-electron chi connectivity index (χ0n) is 10.6. The third-order valence-electron chi connectivity index (χ3n) is 3.22. The number of carbonyl (C=O) groups is 1. The number of carbonyl (C=O) groups excluding carboxylic acids is 1. The van der Waals surface area contributed by atoms with Crippen molar-refractivity contribution in [3.8, 4) is 11.5 Å². The van der Waals surface area contributed by atoms with E-state index in [1.54, 1.807) is 0 Å². The Balaban J connectivity index is 1.70. The second kappa shape index (κ2) is 5.14. The molecule has 1 aliphatic rings. The van der Waals surface area contributed by atoms with Gasteiger partial charge in [-0.15, -0.1) is 0 Å². The van der Waals surface area contributed by atoms with Gasteiger partial charge in [0.15, 0.2) is 0 Å². The van der Waals surface area contributed by atoms with Gasteiger partial charge >= 0.3 is 0 Å². The maximum atomic E-state index is 12.0. The molecule has 0 aromatic heterocycles. The molecular formula is C16H15NO2. The van der Waals surface area contributed by atoms with Gasteiger partial charge in [0.1, 0.15) is 11.5 Å². The number of ether oxygens (including phenoxy) is 1. The van der Waals surface area contributed by atoms with Crippen LogP contribution in [0.25, 0.3) is 0 Å². The lowest BCUT2D eigenvalue weighted by atomic mass is 10.1. The molecule has 0 atom stereocenters. The van der Waals surface area contributed by atoms with Crippen LogP contribution in [0, 0.1) is 0 Å². The molecule has 0 aliphatic carbocycles. The van der Waals surface area contributed by atoms with Crippen LogP contribution in [0.2, 0.25) is 0 Å². The molecule has 0 N–H and O–H groups in total. The summed E-state index contributed by atoms with van der Waals surface area (Å²) in [5, 5.41) is 0. The van der Waals surface area contributed by atoms with Crippen molar-refractivity contribution in [2.45, 2.75) is 6.42 Å². The molecule has 1 fully saturated rings. The lowest BCUT2D eigenvalue weighted by molar-refractivity contribution is 0.0652. The van der Waals surface area contributed by atoms with Gasteiger partial charge in [0.05, 0.1) is 0 Å². The molecule has 3 rings (SSSR count). The molecule has 2 aromatic carbocycles. The van der Waals surface area contributed by atoms with Gasteiger partial charge in [0.25, 0.3) is 5.91 Å². The lowest BCUT2D eigenvalue weighted by Gasteiger charge is -2.30. The molecule has 3 nitrogen and oxygen atoms in total. The highest BCUT2D eigenvalue weighted by Crippen LogP contribution is 2.22. The van der Waals surface area contributed by atoms with Crippen LogP contribution in [0.3, 0.4) is 0 Å². The molecule has 96 valence electrons. The molecule has 0 bridgehead atoms. The fourth-order valence-electron chi connectivity index (χ4n) is 1.99. The van der Waals surface area contributed by atoms with Gasteiger partial charge in [0.2, 0.25) is 0 Å². The van der Waals surface area contributed by atoms with Gasteiger partial charge in [-0.2, -0.15) is 0 Å². The van der Waals surface area contributed by atoms with Crippen LogP contribution in [0.1, 0.15) is 16.8 Å². The smallest absolute Gasteiger partial charge is 0.253 e. The number of amides is 1. The molecule has 2 aromatic rings. The van der Waals surface area contributed by atoms with E-state index < -0.39 is 0 Å². The third kappa shape index (κ3) is 2.60. The Morgan fingerprint density at radius 3 is 2.11 bits per heavy atom. The minimum absolute atomic E-state index is 0.109. The summed E-state index contributed by atoms with van der Waals surface area (Å²) in [5.74, 6) is 1.65. The molecule has 0 unspecified atom stereocenters. The number of para-hydroxylation sites is 1. The molecule has 19 heavy (non-hydrogen) atoms. The van der Waals surface area contributed by atoms with E-state index >= 15 is 0 Å². The van der Waals surface area contributed by atoms with E-state index in [1.807, 2.05) is 59.5 Å². The SMILES string of the molecule is O=C(c1ccc(Oc2ccccc2)cc1)N1CCC1. The van der Waals surface area contributed by atoms with E-state index in [0.717, 1.165) is 36.6 Å². The molecule has 0 saturated carbocycles. The first-order chi connectivity index (χ1) is 9.33. The van der Waals surface area contributed by atoms with Crippen molar-refractivity contribution < 1.29 is 9.53 Å². The highest BCUT2D eigenvalue weighted by Gasteiger charge is 2.21. The van der Waals surface area contributed by atoms with Crippen LogP contribution in [0.4, 0.5) is 0 Å². The van der Waals surface area contributed by atoms with Crippen molar-refractivity contribution in [1.29, 1.82) is 0 Å². The van der Waals surface area contributed by atoms with E-state index in [1.165, 1.54) is 0 Å². The Bertz CT molecular complexity index is 559. The molecule has 3 heteroatoms. The van der Waals surface area contributed by atoms with Gasteiger partial charge in [-0.05, 0) is 42.8 Å². The van der Waals surface area contributed by atoms with E-state index in [0.29, 0.717) is 0 Å². The topological polar surface area (TPSA) is 29.5 Å². The maximum Gasteiger partial charge on any atom is 0.253 e. The van der Waals surface area contributed by atoms with Crippen LogP contribution in [-0.2, 0) is 0 Å². The number of hydrogen-bond acceptors (Lipinski definition) is 2. The summed E-state index contributed by atoms with van der Waals surface area (Å²) in [6.45, 7) is 1.75. The number of hydrogen-bond donors (Lipinski definition) is 0. The average Bonchev–Trinajstić information content (AvgIpc) is 2.39. The quantitative estimate of drug-likeness (QED) is 0.839. The fourth-order valence-corrected chi connectivity index (χ4v) is 1.99. The summed E-state index contributed by atoms with van der Waals surface area (Å²) in [6, 6.07) is 16.9. The molecule has 1 saturated heterocycles. The lowest BCUT2D eigenvalue weighted by Crippen LogP contribution is -2.41. The van der Waals surface area contributed by atoms with Crippen LogP contribution >= 0.6 is 0 Å². The van der Waals surface area contributed by atoms with E-state index in [2.05, 4.69) is 0 Å². The van der Waals surface area contributed by atoms with Crippen LogP contribution in [0.15, 0.2) is 54.6 Å². The first-order valence-corrected chi connectivity index (χ1v) is 6.45. The zero-order valence-corrected chi connectivity index (χ0v) is 10.6. The molecule has 0 radical (unpaired) electrons. The fraction of sp³-hybridized carbons (Fsp3) is 0.188. The van der Waals surface area contributed by atoms with Crippen molar-refractivity contribution in [1.82, 2.24) is 4.90 Å². The van der Waals surface area contributed by atoms with Crippen LogP contribution in [0.5, 0.6) is 11.5 Å². The van der Waals surface area contributed by atoms with E-state index in [4.69, 9.17) is 4.74 Å². The number of likely N-dealkylation sites (tertiary alicyclic amines) is 1. The summed E-state index contributed by atoms with van der Waals surface area (Å²) in [6.07, 6.45) is 1.11. The molecule has 0 spiro atoms. The highest BCUT2D eigenvalue weighted by atomic mass is 16.5. The number of nitrogens with zero attached hydrogens (tertiary/aromatic N) is 1. The summed E-state index contributed by atoms with van der Waals surface area (Å²) >= 11 is 0. The van der Waals surface area contributed by atoms with Crippen LogP contribution in [-0.4, -0.2) is 23.9 Å². The van der Waals surface area contributed by atoms with E-state index in [9.17, 15) is 4.79 Å². The van der Waals surface area contributed by atoms with Gasteiger partial charge < -0.3 is 9.64 Å². The van der Waals surface area contributed by atoms with Crippen molar-refractivity contribution in [2.75, 3.05) is 13.1 Å². The van der Waals surface area contributed by atoms with Gasteiger partial charge in [0, 0.05) is 18.7 Å². The third-order valence-corrected chi connectivity index (χ3v) is 3.22. The first-order valence-electron chi connectivity index (χ1n) is 6.45. The Hall–Kier alpha value is -2.29. The van der Waals surface area contributed by atoms with Gasteiger partial charge in [-0.25, -0.2) is 0 Å². The zero-order chi connectivity index (χ0) is 13.1. The normalized spacial score (nSPS) is 13.8. The first kappa shape index (κ1) is 11.8. The van der Waals surface area contributed by atoms with Crippen molar-refractivity contribution >= 4 is 5.91 Å². The Morgan fingerprint density at radius 2 is 1.53 bits per heavy atom. The monoisotopic (exact) mass is 253 g/mol. The predicted octanol–water partition coefficient (Wildman–Crippen LogP) is 3.32. The minimum Gasteiger partial charge on any atom is -0.457 e. The Kier molecular flexibility index (Phi) is 3.19. The second-order valence-electron chi connectivity index (χ2n) is 4.59. The second-order valence-corrected chi connectivity index (χ2v) is 4.59.